The van der Waals surface area contributed by atoms with Crippen molar-refractivity contribution in [3.05, 3.63) is 60.1 Å². The lowest BCUT2D eigenvalue weighted by atomic mass is 10.2. The number of benzene rings is 1. The third-order valence-corrected chi connectivity index (χ3v) is 2.36. The van der Waals surface area contributed by atoms with E-state index in [4.69, 9.17) is 10.2 Å². The Morgan fingerprint density at radius 1 is 1.21 bits per heavy atom. The summed E-state index contributed by atoms with van der Waals surface area (Å²) in [5.74, 6) is -0.277. The third kappa shape index (κ3) is 3.57. The van der Waals surface area contributed by atoms with E-state index >= 15 is 0 Å². The van der Waals surface area contributed by atoms with E-state index in [2.05, 4.69) is 5.32 Å². The molecular formula is C14H12N2O3. The Hall–Kier alpha value is -2.82. The van der Waals surface area contributed by atoms with Crippen LogP contribution in [0.4, 0.5) is 5.69 Å². The van der Waals surface area contributed by atoms with Crippen molar-refractivity contribution >= 4 is 23.6 Å². The van der Waals surface area contributed by atoms with Gasteiger partial charge in [-0.05, 0) is 36.4 Å². The summed E-state index contributed by atoms with van der Waals surface area (Å²) in [5, 5.41) is 2.62. The molecule has 19 heavy (non-hydrogen) atoms. The second kappa shape index (κ2) is 5.68. The van der Waals surface area contributed by atoms with Gasteiger partial charge in [0.25, 0.3) is 0 Å². The Labute approximate surface area is 109 Å². The van der Waals surface area contributed by atoms with E-state index in [1.54, 1.807) is 36.4 Å². The minimum absolute atomic E-state index is 0.321. The van der Waals surface area contributed by atoms with Crippen LogP contribution in [0.2, 0.25) is 0 Å². The second-order valence-electron chi connectivity index (χ2n) is 3.78. The molecule has 5 nitrogen and oxygen atoms in total. The Bertz CT molecular complexity index is 615. The minimum Gasteiger partial charge on any atom is -0.465 e. The molecule has 5 heteroatoms. The Morgan fingerprint density at radius 2 is 2.05 bits per heavy atom. The van der Waals surface area contributed by atoms with Gasteiger partial charge in [0.2, 0.25) is 11.8 Å². The number of nitrogens with two attached hydrogens (primary N) is 1. The maximum atomic E-state index is 11.6. The number of hydrogen-bond donors (Lipinski definition) is 2. The summed E-state index contributed by atoms with van der Waals surface area (Å²) in [6.07, 6.45) is 4.41. The molecule has 0 atom stereocenters. The number of nitrogens with one attached hydrogen (secondary N) is 1. The van der Waals surface area contributed by atoms with Crippen molar-refractivity contribution in [2.75, 3.05) is 5.32 Å². The van der Waals surface area contributed by atoms with Crippen LogP contribution < -0.4 is 11.1 Å². The van der Waals surface area contributed by atoms with Crippen molar-refractivity contribution in [2.45, 2.75) is 0 Å². The number of amides is 2. The van der Waals surface area contributed by atoms with Gasteiger partial charge in [0.1, 0.15) is 5.76 Å². The number of carbonyl (C=O) groups is 2. The highest BCUT2D eigenvalue weighted by Crippen LogP contribution is 2.10. The number of carbonyl (C=O) groups excluding carboxylic acids is 2. The van der Waals surface area contributed by atoms with E-state index in [0.29, 0.717) is 17.0 Å². The molecule has 96 valence electrons. The van der Waals surface area contributed by atoms with Gasteiger partial charge >= 0.3 is 0 Å². The highest BCUT2D eigenvalue weighted by molar-refractivity contribution is 6.02. The van der Waals surface area contributed by atoms with Gasteiger partial charge < -0.3 is 15.5 Å². The molecule has 0 aliphatic carbocycles. The summed E-state index contributed by atoms with van der Waals surface area (Å²) in [4.78, 5) is 22.6. The molecule has 0 saturated heterocycles. The number of anilines is 1. The topological polar surface area (TPSA) is 85.3 Å². The van der Waals surface area contributed by atoms with E-state index in [-0.39, 0.29) is 5.91 Å². The van der Waals surface area contributed by atoms with E-state index in [1.165, 1.54) is 18.4 Å². The standard InChI is InChI=1S/C14H12N2O3/c15-14(18)10-3-1-4-11(9-10)16-13(17)7-6-12-5-2-8-19-12/h1-9H,(H2,15,18)(H,16,17)/b7-6+. The second-order valence-corrected chi connectivity index (χ2v) is 3.78. The zero-order chi connectivity index (χ0) is 13.7. The third-order valence-electron chi connectivity index (χ3n) is 2.36. The van der Waals surface area contributed by atoms with Crippen molar-refractivity contribution in [1.29, 1.82) is 0 Å². The van der Waals surface area contributed by atoms with Crippen LogP contribution in [0.15, 0.2) is 53.2 Å². The van der Waals surface area contributed by atoms with Gasteiger partial charge in [-0.2, -0.15) is 0 Å². The highest BCUT2D eigenvalue weighted by atomic mass is 16.3. The molecule has 2 aromatic rings. The number of primary amides is 1. The molecule has 0 saturated carbocycles. The zero-order valence-corrected chi connectivity index (χ0v) is 10.00. The smallest absolute Gasteiger partial charge is 0.248 e. The van der Waals surface area contributed by atoms with Gasteiger partial charge in [-0.25, -0.2) is 0 Å². The van der Waals surface area contributed by atoms with Crippen LogP contribution in [0.25, 0.3) is 6.08 Å². The van der Waals surface area contributed by atoms with Crippen molar-refractivity contribution < 1.29 is 14.0 Å². The lowest BCUT2D eigenvalue weighted by Crippen LogP contribution is -2.12. The van der Waals surface area contributed by atoms with E-state index < -0.39 is 5.91 Å². The summed E-state index contributed by atoms with van der Waals surface area (Å²) in [6.45, 7) is 0. The number of furan rings is 1. The van der Waals surface area contributed by atoms with Crippen LogP contribution in [-0.2, 0) is 4.79 Å². The molecular weight excluding hydrogens is 244 g/mol. The minimum atomic E-state index is -0.540. The van der Waals surface area contributed by atoms with Gasteiger partial charge in [-0.3, -0.25) is 9.59 Å². The van der Waals surface area contributed by atoms with Gasteiger partial charge in [0.15, 0.2) is 0 Å². The molecule has 3 N–H and O–H groups in total. The summed E-state index contributed by atoms with van der Waals surface area (Å²) < 4.78 is 5.06. The van der Waals surface area contributed by atoms with E-state index in [9.17, 15) is 9.59 Å². The van der Waals surface area contributed by atoms with E-state index in [1.807, 2.05) is 0 Å². The summed E-state index contributed by atoms with van der Waals surface area (Å²) >= 11 is 0. The summed E-state index contributed by atoms with van der Waals surface area (Å²) in [7, 11) is 0. The first-order valence-electron chi connectivity index (χ1n) is 5.57. The molecule has 0 unspecified atom stereocenters. The van der Waals surface area contributed by atoms with Crippen LogP contribution in [0.3, 0.4) is 0 Å². The van der Waals surface area contributed by atoms with Crippen LogP contribution in [0.5, 0.6) is 0 Å². The fourth-order valence-electron chi connectivity index (χ4n) is 1.48. The Morgan fingerprint density at radius 3 is 2.74 bits per heavy atom. The van der Waals surface area contributed by atoms with Crippen LogP contribution >= 0.6 is 0 Å². The maximum absolute atomic E-state index is 11.6. The van der Waals surface area contributed by atoms with Gasteiger partial charge in [-0.15, -0.1) is 0 Å². The first-order valence-corrected chi connectivity index (χ1v) is 5.57. The maximum Gasteiger partial charge on any atom is 0.248 e. The molecule has 1 aromatic carbocycles. The van der Waals surface area contributed by atoms with Crippen LogP contribution in [0.1, 0.15) is 16.1 Å². The fraction of sp³-hybridized carbons (Fsp3) is 0. The average Bonchev–Trinajstić information content (AvgIpc) is 2.90. The van der Waals surface area contributed by atoms with Gasteiger partial charge in [-0.1, -0.05) is 6.07 Å². The molecule has 0 aliphatic rings. The Balaban J connectivity index is 2.03. The molecule has 1 heterocycles. The normalized spacial score (nSPS) is 10.5. The van der Waals surface area contributed by atoms with Crippen molar-refractivity contribution in [3.8, 4) is 0 Å². The van der Waals surface area contributed by atoms with Crippen molar-refractivity contribution in [1.82, 2.24) is 0 Å². The van der Waals surface area contributed by atoms with E-state index in [0.717, 1.165) is 0 Å². The van der Waals surface area contributed by atoms with Crippen molar-refractivity contribution in [2.24, 2.45) is 5.73 Å². The average molecular weight is 256 g/mol. The predicted octanol–water partition coefficient (Wildman–Crippen LogP) is 2.03. The van der Waals surface area contributed by atoms with Crippen molar-refractivity contribution in [3.63, 3.8) is 0 Å². The Kier molecular flexibility index (Phi) is 3.78. The monoisotopic (exact) mass is 256 g/mol. The predicted molar refractivity (Wildman–Crippen MR) is 71.3 cm³/mol. The zero-order valence-electron chi connectivity index (χ0n) is 10.00. The number of rotatable bonds is 4. The SMILES string of the molecule is NC(=O)c1cccc(NC(=O)/C=C/c2ccco2)c1. The molecule has 0 aliphatic heterocycles. The summed E-state index contributed by atoms with van der Waals surface area (Å²) in [5.41, 5.74) is 6.00. The van der Waals surface area contributed by atoms with Crippen LogP contribution in [-0.4, -0.2) is 11.8 Å². The molecule has 0 spiro atoms. The molecule has 2 amide bonds. The first-order chi connectivity index (χ1) is 9.15. The largest absolute Gasteiger partial charge is 0.465 e. The van der Waals surface area contributed by atoms with Crippen LogP contribution in [0, 0.1) is 0 Å². The molecule has 0 bridgehead atoms. The lowest BCUT2D eigenvalue weighted by Gasteiger charge is -2.03. The van der Waals surface area contributed by atoms with Gasteiger partial charge in [0.05, 0.1) is 6.26 Å². The quantitative estimate of drug-likeness (QED) is 0.821. The highest BCUT2D eigenvalue weighted by Gasteiger charge is 2.03. The first kappa shape index (κ1) is 12.6. The molecule has 1 aromatic heterocycles. The number of hydrogen-bond acceptors (Lipinski definition) is 3. The summed E-state index contributed by atoms with van der Waals surface area (Å²) in [6, 6.07) is 9.88. The molecule has 0 radical (unpaired) electrons. The molecule has 2 rings (SSSR count). The lowest BCUT2D eigenvalue weighted by molar-refractivity contribution is -0.111. The fourth-order valence-corrected chi connectivity index (χ4v) is 1.48. The molecule has 0 fully saturated rings. The van der Waals surface area contributed by atoms with Gasteiger partial charge in [0, 0.05) is 17.3 Å².